The van der Waals surface area contributed by atoms with E-state index in [2.05, 4.69) is 10.3 Å². The molecule has 5 nitrogen and oxygen atoms in total. The van der Waals surface area contributed by atoms with Crippen molar-refractivity contribution in [2.45, 2.75) is 0 Å². The first-order chi connectivity index (χ1) is 10.4. The first kappa shape index (κ1) is 16.7. The Hall–Kier alpha value is -1.69. The van der Waals surface area contributed by atoms with Gasteiger partial charge in [0.05, 0.1) is 21.6 Å². The van der Waals surface area contributed by atoms with Gasteiger partial charge in [-0.25, -0.2) is 0 Å². The van der Waals surface area contributed by atoms with Crippen LogP contribution in [0.3, 0.4) is 0 Å². The molecule has 0 saturated carbocycles. The van der Waals surface area contributed by atoms with Crippen LogP contribution in [0.25, 0.3) is 0 Å². The highest BCUT2D eigenvalue weighted by molar-refractivity contribution is 6.42. The number of hydrogen-bond donors (Lipinski definition) is 2. The third-order valence-corrected chi connectivity index (χ3v) is 3.77. The van der Waals surface area contributed by atoms with Crippen LogP contribution < -0.4 is 5.32 Å². The Morgan fingerprint density at radius 1 is 1.18 bits per heavy atom. The summed E-state index contributed by atoms with van der Waals surface area (Å²) < 4.78 is 0. The molecule has 1 aromatic heterocycles. The number of nitrogens with one attached hydrogen (secondary N) is 2. The van der Waals surface area contributed by atoms with Crippen molar-refractivity contribution >= 4 is 52.3 Å². The van der Waals surface area contributed by atoms with Gasteiger partial charge in [-0.1, -0.05) is 34.8 Å². The molecule has 2 amide bonds. The predicted molar refractivity (Wildman–Crippen MR) is 87.9 cm³/mol. The number of hydrogen-bond acceptors (Lipinski definition) is 2. The van der Waals surface area contributed by atoms with Crippen molar-refractivity contribution in [2.75, 3.05) is 18.9 Å². The molecule has 8 heteroatoms. The highest BCUT2D eigenvalue weighted by atomic mass is 35.5. The zero-order valence-corrected chi connectivity index (χ0v) is 13.8. The lowest BCUT2D eigenvalue weighted by molar-refractivity contribution is -0.116. The summed E-state index contributed by atoms with van der Waals surface area (Å²) in [6, 6.07) is 6.24. The SMILES string of the molecule is CN(CC(=O)Nc1ccc(Cl)c(Cl)c1)C(=O)c1cc(Cl)c[nH]1. The standard InChI is InChI=1S/C14H12Cl3N3O2/c1-20(14(22)12-4-8(15)6-18-12)7-13(21)19-9-2-3-10(16)11(17)5-9/h2-6,18H,7H2,1H3,(H,19,21). The fraction of sp³-hybridized carbons (Fsp3) is 0.143. The molecule has 1 aromatic carbocycles. The average molecular weight is 361 g/mol. The number of halogens is 3. The van der Waals surface area contributed by atoms with Crippen molar-refractivity contribution < 1.29 is 9.59 Å². The molecule has 1 heterocycles. The van der Waals surface area contributed by atoms with Crippen molar-refractivity contribution in [1.82, 2.24) is 9.88 Å². The van der Waals surface area contributed by atoms with E-state index in [1.54, 1.807) is 12.1 Å². The molecule has 0 fully saturated rings. The van der Waals surface area contributed by atoms with Crippen LogP contribution in [0.5, 0.6) is 0 Å². The molecular weight excluding hydrogens is 349 g/mol. The monoisotopic (exact) mass is 359 g/mol. The maximum atomic E-state index is 12.1. The summed E-state index contributed by atoms with van der Waals surface area (Å²) in [5, 5.41) is 3.80. The van der Waals surface area contributed by atoms with Crippen LogP contribution >= 0.6 is 34.8 Å². The molecule has 0 radical (unpaired) electrons. The van der Waals surface area contributed by atoms with Crippen molar-refractivity contribution in [3.8, 4) is 0 Å². The maximum Gasteiger partial charge on any atom is 0.270 e. The number of nitrogens with zero attached hydrogens (tertiary/aromatic N) is 1. The molecule has 0 unspecified atom stereocenters. The average Bonchev–Trinajstić information content (AvgIpc) is 2.88. The highest BCUT2D eigenvalue weighted by Crippen LogP contribution is 2.24. The Morgan fingerprint density at radius 2 is 1.91 bits per heavy atom. The van der Waals surface area contributed by atoms with Gasteiger partial charge in [0.25, 0.3) is 5.91 Å². The fourth-order valence-electron chi connectivity index (χ4n) is 1.76. The Morgan fingerprint density at radius 3 is 2.50 bits per heavy atom. The van der Waals surface area contributed by atoms with E-state index < -0.39 is 0 Å². The number of aromatic amines is 1. The van der Waals surface area contributed by atoms with Gasteiger partial charge in [-0.15, -0.1) is 0 Å². The second kappa shape index (κ2) is 7.05. The van der Waals surface area contributed by atoms with E-state index in [1.165, 1.54) is 30.3 Å². The molecular formula is C14H12Cl3N3O2. The van der Waals surface area contributed by atoms with Gasteiger partial charge < -0.3 is 15.2 Å². The zero-order valence-electron chi connectivity index (χ0n) is 11.5. The maximum absolute atomic E-state index is 12.1. The third-order valence-electron chi connectivity index (χ3n) is 2.81. The van der Waals surface area contributed by atoms with Gasteiger partial charge in [-0.3, -0.25) is 9.59 Å². The van der Waals surface area contributed by atoms with E-state index in [-0.39, 0.29) is 18.4 Å². The number of anilines is 1. The van der Waals surface area contributed by atoms with Gasteiger partial charge in [0.15, 0.2) is 0 Å². The van der Waals surface area contributed by atoms with Crippen molar-refractivity contribution in [3.63, 3.8) is 0 Å². The second-order valence-electron chi connectivity index (χ2n) is 4.57. The Bertz CT molecular complexity index is 715. The van der Waals surface area contributed by atoms with E-state index in [0.29, 0.717) is 26.4 Å². The van der Waals surface area contributed by atoms with E-state index in [9.17, 15) is 9.59 Å². The molecule has 0 saturated heterocycles. The number of likely N-dealkylation sites (N-methyl/N-ethyl adjacent to an activating group) is 1. The third kappa shape index (κ3) is 4.16. The van der Waals surface area contributed by atoms with Crippen LogP contribution in [0, 0.1) is 0 Å². The van der Waals surface area contributed by atoms with Crippen LogP contribution in [-0.2, 0) is 4.79 Å². The summed E-state index contributed by atoms with van der Waals surface area (Å²) in [4.78, 5) is 28.0. The molecule has 2 N–H and O–H groups in total. The fourth-order valence-corrected chi connectivity index (χ4v) is 2.22. The normalized spacial score (nSPS) is 10.4. The lowest BCUT2D eigenvalue weighted by atomic mass is 10.3. The van der Waals surface area contributed by atoms with Crippen LogP contribution in [0.15, 0.2) is 30.5 Å². The minimum atomic E-state index is -0.355. The van der Waals surface area contributed by atoms with E-state index in [0.717, 1.165) is 0 Å². The minimum Gasteiger partial charge on any atom is -0.356 e. The topological polar surface area (TPSA) is 65.2 Å². The number of carbonyl (C=O) groups is 2. The van der Waals surface area contributed by atoms with Crippen LogP contribution in [-0.4, -0.2) is 35.3 Å². The van der Waals surface area contributed by atoms with Gasteiger partial charge in [0, 0.05) is 18.9 Å². The summed E-state index contributed by atoms with van der Waals surface area (Å²) in [6.45, 7) is -0.115. The summed E-state index contributed by atoms with van der Waals surface area (Å²) in [5.41, 5.74) is 0.818. The molecule has 0 aliphatic rings. The number of benzene rings is 1. The lowest BCUT2D eigenvalue weighted by Crippen LogP contribution is -2.35. The van der Waals surface area contributed by atoms with Gasteiger partial charge in [0.2, 0.25) is 5.91 Å². The smallest absolute Gasteiger partial charge is 0.270 e. The van der Waals surface area contributed by atoms with Crippen LogP contribution in [0.4, 0.5) is 5.69 Å². The van der Waals surface area contributed by atoms with E-state index in [4.69, 9.17) is 34.8 Å². The molecule has 2 rings (SSSR count). The van der Waals surface area contributed by atoms with Crippen LogP contribution in [0.2, 0.25) is 15.1 Å². The van der Waals surface area contributed by atoms with Crippen molar-refractivity contribution in [1.29, 1.82) is 0 Å². The van der Waals surface area contributed by atoms with Crippen molar-refractivity contribution in [2.24, 2.45) is 0 Å². The number of carbonyl (C=O) groups excluding carboxylic acids is 2. The number of rotatable bonds is 4. The lowest BCUT2D eigenvalue weighted by Gasteiger charge is -2.16. The van der Waals surface area contributed by atoms with E-state index >= 15 is 0 Å². The molecule has 0 bridgehead atoms. The van der Waals surface area contributed by atoms with Gasteiger partial charge >= 0.3 is 0 Å². The Kier molecular flexibility index (Phi) is 5.34. The summed E-state index contributed by atoms with van der Waals surface area (Å²) in [6.07, 6.45) is 1.50. The molecule has 0 spiro atoms. The predicted octanol–water partition coefficient (Wildman–Crippen LogP) is 3.69. The quantitative estimate of drug-likeness (QED) is 0.873. The summed E-state index contributed by atoms with van der Waals surface area (Å²) in [7, 11) is 1.52. The summed E-state index contributed by atoms with van der Waals surface area (Å²) in [5.74, 6) is -0.692. The number of H-pyrrole nitrogens is 1. The largest absolute Gasteiger partial charge is 0.356 e. The number of aromatic nitrogens is 1. The molecule has 0 aliphatic heterocycles. The van der Waals surface area contributed by atoms with Crippen molar-refractivity contribution in [3.05, 3.63) is 51.2 Å². The van der Waals surface area contributed by atoms with Crippen LogP contribution in [0.1, 0.15) is 10.5 Å². The zero-order chi connectivity index (χ0) is 16.3. The Balaban J connectivity index is 1.96. The minimum absolute atomic E-state index is 0.115. The first-order valence-electron chi connectivity index (χ1n) is 6.21. The second-order valence-corrected chi connectivity index (χ2v) is 5.82. The van der Waals surface area contributed by atoms with E-state index in [1.807, 2.05) is 0 Å². The summed E-state index contributed by atoms with van der Waals surface area (Å²) >= 11 is 17.4. The van der Waals surface area contributed by atoms with Gasteiger partial charge in [-0.05, 0) is 24.3 Å². The molecule has 0 atom stereocenters. The van der Waals surface area contributed by atoms with Gasteiger partial charge in [-0.2, -0.15) is 0 Å². The Labute approximate surface area is 142 Å². The molecule has 0 aliphatic carbocycles. The molecule has 22 heavy (non-hydrogen) atoms. The first-order valence-corrected chi connectivity index (χ1v) is 7.34. The highest BCUT2D eigenvalue weighted by Gasteiger charge is 2.16. The number of amides is 2. The molecule has 116 valence electrons. The van der Waals surface area contributed by atoms with Gasteiger partial charge in [0.1, 0.15) is 5.69 Å². The molecule has 2 aromatic rings.